The van der Waals surface area contributed by atoms with Crippen molar-refractivity contribution in [1.82, 2.24) is 0 Å². The third-order valence-corrected chi connectivity index (χ3v) is 2.99. The van der Waals surface area contributed by atoms with Gasteiger partial charge in [-0.2, -0.15) is 0 Å². The average molecular weight is 261 g/mol. The van der Waals surface area contributed by atoms with Crippen LogP contribution in [0.2, 0.25) is 0 Å². The fraction of sp³-hybridized carbons (Fsp3) is 0.500. The number of aliphatic carboxylic acids is 1. The Morgan fingerprint density at radius 1 is 1.50 bits per heavy atom. The zero-order chi connectivity index (χ0) is 10.7. The predicted octanol–water partition coefficient (Wildman–Crippen LogP) is 3.07. The fourth-order valence-electron chi connectivity index (χ4n) is 1.44. The van der Waals surface area contributed by atoms with Crippen LogP contribution in [0, 0.1) is 13.8 Å². The van der Waals surface area contributed by atoms with Crippen LogP contribution in [0.4, 0.5) is 0 Å². The highest BCUT2D eigenvalue weighted by molar-refractivity contribution is 9.10. The van der Waals surface area contributed by atoms with Crippen LogP contribution in [0.1, 0.15) is 29.7 Å². The lowest BCUT2D eigenvalue weighted by Gasteiger charge is -1.98. The number of furan rings is 1. The van der Waals surface area contributed by atoms with E-state index in [0.29, 0.717) is 6.42 Å². The number of carboxylic acid groups (broad SMARTS) is 1. The largest absolute Gasteiger partial charge is 0.481 e. The second-order valence-corrected chi connectivity index (χ2v) is 4.00. The lowest BCUT2D eigenvalue weighted by atomic mass is 10.1. The van der Waals surface area contributed by atoms with Crippen molar-refractivity contribution in [2.75, 3.05) is 0 Å². The molecule has 0 amide bonds. The normalized spacial score (nSPS) is 10.5. The Labute approximate surface area is 91.2 Å². The van der Waals surface area contributed by atoms with Crippen molar-refractivity contribution in [3.8, 4) is 0 Å². The summed E-state index contributed by atoms with van der Waals surface area (Å²) in [6.07, 6.45) is 1.63. The monoisotopic (exact) mass is 260 g/mol. The van der Waals surface area contributed by atoms with Crippen molar-refractivity contribution in [3.63, 3.8) is 0 Å². The maximum atomic E-state index is 10.3. The summed E-state index contributed by atoms with van der Waals surface area (Å²) in [5.41, 5.74) is 2.20. The van der Waals surface area contributed by atoms with E-state index in [2.05, 4.69) is 15.9 Å². The smallest absolute Gasteiger partial charge is 0.303 e. The molecule has 1 heterocycles. The zero-order valence-electron chi connectivity index (χ0n) is 8.26. The quantitative estimate of drug-likeness (QED) is 0.906. The molecule has 0 unspecified atom stereocenters. The molecule has 0 aromatic carbocycles. The van der Waals surface area contributed by atoms with Gasteiger partial charge >= 0.3 is 5.97 Å². The molecule has 0 aliphatic carbocycles. The molecular weight excluding hydrogens is 248 g/mol. The van der Waals surface area contributed by atoms with Crippen LogP contribution in [0.5, 0.6) is 0 Å². The van der Waals surface area contributed by atoms with E-state index in [1.54, 1.807) is 0 Å². The summed E-state index contributed by atoms with van der Waals surface area (Å²) in [7, 11) is 0. The minimum absolute atomic E-state index is 0.210. The van der Waals surface area contributed by atoms with Gasteiger partial charge in [0.2, 0.25) is 0 Å². The SMILES string of the molecule is Cc1oc(Br)c(C)c1CCCC(=O)O. The number of rotatable bonds is 4. The van der Waals surface area contributed by atoms with Gasteiger partial charge in [-0.25, -0.2) is 0 Å². The highest BCUT2D eigenvalue weighted by atomic mass is 79.9. The van der Waals surface area contributed by atoms with Gasteiger partial charge in [0.1, 0.15) is 5.76 Å². The third-order valence-electron chi connectivity index (χ3n) is 2.23. The van der Waals surface area contributed by atoms with Gasteiger partial charge in [-0.3, -0.25) is 4.79 Å². The van der Waals surface area contributed by atoms with Crippen LogP contribution in [0.15, 0.2) is 9.09 Å². The van der Waals surface area contributed by atoms with E-state index in [-0.39, 0.29) is 6.42 Å². The number of aryl methyl sites for hydroxylation is 1. The molecule has 0 fully saturated rings. The summed E-state index contributed by atoms with van der Waals surface area (Å²) in [5, 5.41) is 8.50. The number of carboxylic acids is 1. The molecule has 0 bridgehead atoms. The minimum Gasteiger partial charge on any atom is -0.481 e. The molecule has 78 valence electrons. The van der Waals surface area contributed by atoms with Gasteiger partial charge < -0.3 is 9.52 Å². The maximum absolute atomic E-state index is 10.3. The maximum Gasteiger partial charge on any atom is 0.303 e. The van der Waals surface area contributed by atoms with Crippen molar-refractivity contribution >= 4 is 21.9 Å². The Kier molecular flexibility index (Phi) is 3.75. The molecule has 0 aliphatic rings. The molecule has 0 atom stereocenters. The van der Waals surface area contributed by atoms with Crippen molar-refractivity contribution in [2.24, 2.45) is 0 Å². The van der Waals surface area contributed by atoms with Gasteiger partial charge in [0.15, 0.2) is 4.67 Å². The summed E-state index contributed by atoms with van der Waals surface area (Å²) >= 11 is 3.30. The van der Waals surface area contributed by atoms with E-state index in [4.69, 9.17) is 9.52 Å². The van der Waals surface area contributed by atoms with E-state index in [0.717, 1.165) is 28.0 Å². The van der Waals surface area contributed by atoms with E-state index >= 15 is 0 Å². The molecule has 0 saturated carbocycles. The molecule has 0 aliphatic heterocycles. The molecule has 1 aromatic rings. The minimum atomic E-state index is -0.747. The van der Waals surface area contributed by atoms with Crippen LogP contribution < -0.4 is 0 Å². The topological polar surface area (TPSA) is 50.4 Å². The Balaban J connectivity index is 2.62. The van der Waals surface area contributed by atoms with Crippen molar-refractivity contribution in [1.29, 1.82) is 0 Å². The second kappa shape index (κ2) is 4.64. The van der Waals surface area contributed by atoms with Crippen molar-refractivity contribution in [3.05, 3.63) is 21.6 Å². The molecule has 4 heteroatoms. The highest BCUT2D eigenvalue weighted by Gasteiger charge is 2.11. The molecule has 1 N–H and O–H groups in total. The predicted molar refractivity (Wildman–Crippen MR) is 56.5 cm³/mol. The van der Waals surface area contributed by atoms with Gasteiger partial charge in [-0.05, 0) is 48.2 Å². The van der Waals surface area contributed by atoms with Crippen LogP contribution in [0.25, 0.3) is 0 Å². The van der Waals surface area contributed by atoms with E-state index in [1.165, 1.54) is 0 Å². The summed E-state index contributed by atoms with van der Waals surface area (Å²) in [6.45, 7) is 3.87. The first kappa shape index (κ1) is 11.3. The van der Waals surface area contributed by atoms with Gasteiger partial charge in [0, 0.05) is 12.0 Å². The summed E-state index contributed by atoms with van der Waals surface area (Å²) in [6, 6.07) is 0. The van der Waals surface area contributed by atoms with Crippen LogP contribution in [-0.4, -0.2) is 11.1 Å². The van der Waals surface area contributed by atoms with Crippen LogP contribution >= 0.6 is 15.9 Å². The summed E-state index contributed by atoms with van der Waals surface area (Å²) in [4.78, 5) is 10.3. The number of hydrogen-bond acceptors (Lipinski definition) is 2. The number of halogens is 1. The lowest BCUT2D eigenvalue weighted by molar-refractivity contribution is -0.137. The van der Waals surface area contributed by atoms with Crippen molar-refractivity contribution < 1.29 is 14.3 Å². The molecule has 0 radical (unpaired) electrons. The van der Waals surface area contributed by atoms with Gasteiger partial charge in [0.25, 0.3) is 0 Å². The van der Waals surface area contributed by atoms with E-state index < -0.39 is 5.97 Å². The molecule has 1 rings (SSSR count). The molecule has 3 nitrogen and oxygen atoms in total. The molecule has 0 saturated heterocycles. The van der Waals surface area contributed by atoms with Crippen LogP contribution in [0.3, 0.4) is 0 Å². The summed E-state index contributed by atoms with van der Waals surface area (Å²) in [5.74, 6) is 0.127. The Morgan fingerprint density at radius 3 is 2.57 bits per heavy atom. The Hall–Kier alpha value is -0.770. The van der Waals surface area contributed by atoms with Gasteiger partial charge in [-0.15, -0.1) is 0 Å². The Morgan fingerprint density at radius 2 is 2.14 bits per heavy atom. The first-order chi connectivity index (χ1) is 6.52. The van der Waals surface area contributed by atoms with E-state index in [9.17, 15) is 4.79 Å². The first-order valence-corrected chi connectivity index (χ1v) is 5.28. The van der Waals surface area contributed by atoms with E-state index in [1.807, 2.05) is 13.8 Å². The number of hydrogen-bond donors (Lipinski definition) is 1. The van der Waals surface area contributed by atoms with Gasteiger partial charge in [0.05, 0.1) is 0 Å². The van der Waals surface area contributed by atoms with Crippen LogP contribution in [-0.2, 0) is 11.2 Å². The fourth-order valence-corrected chi connectivity index (χ4v) is 1.92. The molecule has 0 spiro atoms. The van der Waals surface area contributed by atoms with Crippen molar-refractivity contribution in [2.45, 2.75) is 33.1 Å². The second-order valence-electron chi connectivity index (χ2n) is 3.28. The number of carbonyl (C=O) groups is 1. The molecule has 1 aromatic heterocycles. The Bertz CT molecular complexity index is 341. The lowest BCUT2D eigenvalue weighted by Crippen LogP contribution is -1.96. The first-order valence-electron chi connectivity index (χ1n) is 4.48. The average Bonchev–Trinajstić information content (AvgIpc) is 2.31. The third kappa shape index (κ3) is 2.61. The zero-order valence-corrected chi connectivity index (χ0v) is 9.85. The molecule has 14 heavy (non-hydrogen) atoms. The molecular formula is C10H13BrO3. The standard InChI is InChI=1S/C10H13BrO3/c1-6-8(4-3-5-9(12)13)7(2)14-10(6)11/h3-5H2,1-2H3,(H,12,13). The summed E-state index contributed by atoms with van der Waals surface area (Å²) < 4.78 is 6.12. The van der Waals surface area contributed by atoms with Gasteiger partial charge in [-0.1, -0.05) is 0 Å². The highest BCUT2D eigenvalue weighted by Crippen LogP contribution is 2.27.